The van der Waals surface area contributed by atoms with Crippen molar-refractivity contribution in [2.75, 3.05) is 26.7 Å². The van der Waals surface area contributed by atoms with Crippen molar-refractivity contribution in [1.29, 1.82) is 0 Å². The number of pyridine rings is 1. The third-order valence-electron chi connectivity index (χ3n) is 4.88. The molecule has 0 aromatic carbocycles. The Labute approximate surface area is 166 Å². The quantitative estimate of drug-likeness (QED) is 0.710. The molecule has 3 aromatic heterocycles. The molecule has 9 heteroatoms. The van der Waals surface area contributed by atoms with Crippen molar-refractivity contribution in [2.24, 2.45) is 5.92 Å². The fourth-order valence-electron chi connectivity index (χ4n) is 3.38. The van der Waals surface area contributed by atoms with E-state index in [1.54, 1.807) is 18.3 Å². The third-order valence-corrected chi connectivity index (χ3v) is 5.65. The fourth-order valence-corrected chi connectivity index (χ4v) is 4.08. The van der Waals surface area contributed by atoms with Crippen LogP contribution < -0.4 is 10.1 Å². The number of nitrogens with one attached hydrogen (secondary N) is 1. The molecule has 1 saturated heterocycles. The van der Waals surface area contributed by atoms with Crippen molar-refractivity contribution in [3.8, 4) is 5.88 Å². The van der Waals surface area contributed by atoms with Crippen molar-refractivity contribution >= 4 is 28.1 Å². The first-order valence-electron chi connectivity index (χ1n) is 9.14. The van der Waals surface area contributed by atoms with Crippen LogP contribution in [-0.2, 0) is 0 Å². The van der Waals surface area contributed by atoms with Crippen LogP contribution in [0.4, 0.5) is 0 Å². The largest absolute Gasteiger partial charge is 0.481 e. The number of piperidine rings is 1. The highest BCUT2D eigenvalue weighted by Crippen LogP contribution is 2.19. The van der Waals surface area contributed by atoms with Gasteiger partial charge < -0.3 is 15.0 Å². The predicted octanol–water partition coefficient (Wildman–Crippen LogP) is 2.08. The number of thiazole rings is 1. The van der Waals surface area contributed by atoms with Gasteiger partial charge in [0.05, 0.1) is 12.7 Å². The molecule has 2 amide bonds. The Balaban J connectivity index is 1.33. The van der Waals surface area contributed by atoms with Crippen LogP contribution in [-0.4, -0.2) is 57.8 Å². The Kier molecular flexibility index (Phi) is 5.25. The Bertz CT molecular complexity index is 953. The number of nitrogens with zero attached hydrogens (tertiary/aromatic N) is 4. The summed E-state index contributed by atoms with van der Waals surface area (Å²) in [6.45, 7) is 1.86. The molecule has 0 aliphatic carbocycles. The summed E-state index contributed by atoms with van der Waals surface area (Å²) in [6, 6.07) is 3.34. The Morgan fingerprint density at radius 1 is 1.39 bits per heavy atom. The maximum atomic E-state index is 12.8. The molecule has 0 saturated carbocycles. The SMILES string of the molecule is COc1ccc(C(=O)NCC2CCCN(C(=O)c3cn4ccsc4n3)C2)cn1. The highest BCUT2D eigenvalue weighted by Gasteiger charge is 2.26. The predicted molar refractivity (Wildman–Crippen MR) is 105 cm³/mol. The van der Waals surface area contributed by atoms with Gasteiger partial charge in [0.1, 0.15) is 5.69 Å². The van der Waals surface area contributed by atoms with Gasteiger partial charge in [-0.2, -0.15) is 0 Å². The highest BCUT2D eigenvalue weighted by atomic mass is 32.1. The monoisotopic (exact) mass is 399 g/mol. The molecule has 1 atom stereocenters. The summed E-state index contributed by atoms with van der Waals surface area (Å²) < 4.78 is 6.87. The molecule has 0 spiro atoms. The molecular weight excluding hydrogens is 378 g/mol. The summed E-state index contributed by atoms with van der Waals surface area (Å²) in [4.78, 5) is 36.2. The number of methoxy groups -OCH3 is 1. The molecule has 1 aliphatic rings. The minimum atomic E-state index is -0.173. The fraction of sp³-hybridized carbons (Fsp3) is 0.368. The van der Waals surface area contributed by atoms with Gasteiger partial charge in [0.25, 0.3) is 11.8 Å². The molecule has 8 nitrogen and oxygen atoms in total. The van der Waals surface area contributed by atoms with E-state index < -0.39 is 0 Å². The molecule has 0 bridgehead atoms. The molecule has 146 valence electrons. The number of carbonyl (C=O) groups excluding carboxylic acids is 2. The lowest BCUT2D eigenvalue weighted by atomic mass is 9.97. The van der Waals surface area contributed by atoms with E-state index in [1.807, 2.05) is 20.9 Å². The van der Waals surface area contributed by atoms with E-state index in [4.69, 9.17) is 4.74 Å². The summed E-state index contributed by atoms with van der Waals surface area (Å²) in [6.07, 6.45) is 7.06. The van der Waals surface area contributed by atoms with E-state index in [-0.39, 0.29) is 17.7 Å². The first kappa shape index (κ1) is 18.4. The molecule has 1 aliphatic heterocycles. The lowest BCUT2D eigenvalue weighted by Gasteiger charge is -2.32. The summed E-state index contributed by atoms with van der Waals surface area (Å²) >= 11 is 1.50. The Morgan fingerprint density at radius 2 is 2.29 bits per heavy atom. The van der Waals surface area contributed by atoms with Crippen LogP contribution in [0.5, 0.6) is 5.88 Å². The van der Waals surface area contributed by atoms with Gasteiger partial charge in [-0.15, -0.1) is 11.3 Å². The van der Waals surface area contributed by atoms with Gasteiger partial charge in [0.15, 0.2) is 4.96 Å². The van der Waals surface area contributed by atoms with Crippen molar-refractivity contribution in [3.63, 3.8) is 0 Å². The molecule has 1 unspecified atom stereocenters. The number of aromatic nitrogens is 3. The van der Waals surface area contributed by atoms with Crippen LogP contribution in [0.2, 0.25) is 0 Å². The number of carbonyl (C=O) groups is 2. The van der Waals surface area contributed by atoms with Crippen molar-refractivity contribution in [2.45, 2.75) is 12.8 Å². The number of rotatable bonds is 5. The van der Waals surface area contributed by atoms with Crippen LogP contribution in [0.15, 0.2) is 36.1 Å². The second-order valence-electron chi connectivity index (χ2n) is 6.78. The first-order valence-corrected chi connectivity index (χ1v) is 10.0. The average molecular weight is 399 g/mol. The minimum Gasteiger partial charge on any atom is -0.481 e. The van der Waals surface area contributed by atoms with Crippen LogP contribution in [0.25, 0.3) is 4.96 Å². The molecule has 1 N–H and O–H groups in total. The molecule has 1 fully saturated rings. The molecule has 3 aromatic rings. The van der Waals surface area contributed by atoms with E-state index in [0.29, 0.717) is 30.2 Å². The van der Waals surface area contributed by atoms with Gasteiger partial charge in [-0.25, -0.2) is 9.97 Å². The zero-order valence-electron chi connectivity index (χ0n) is 15.5. The maximum absolute atomic E-state index is 12.8. The van der Waals surface area contributed by atoms with Gasteiger partial charge in [0, 0.05) is 49.7 Å². The normalized spacial score (nSPS) is 16.9. The smallest absolute Gasteiger partial charge is 0.274 e. The molecule has 28 heavy (non-hydrogen) atoms. The lowest BCUT2D eigenvalue weighted by molar-refractivity contribution is 0.0665. The van der Waals surface area contributed by atoms with Crippen molar-refractivity contribution < 1.29 is 14.3 Å². The average Bonchev–Trinajstić information content (AvgIpc) is 3.34. The zero-order chi connectivity index (χ0) is 19.5. The van der Waals surface area contributed by atoms with E-state index in [0.717, 1.165) is 24.3 Å². The minimum absolute atomic E-state index is 0.0497. The number of likely N-dealkylation sites (tertiary alicyclic amines) is 1. The number of ether oxygens (including phenoxy) is 1. The summed E-state index contributed by atoms with van der Waals surface area (Å²) in [5.74, 6) is 0.466. The van der Waals surface area contributed by atoms with Crippen molar-refractivity contribution in [3.05, 3.63) is 47.4 Å². The zero-order valence-corrected chi connectivity index (χ0v) is 16.3. The van der Waals surface area contributed by atoms with E-state index >= 15 is 0 Å². The Hall–Kier alpha value is -2.94. The van der Waals surface area contributed by atoms with Gasteiger partial charge in [-0.05, 0) is 24.8 Å². The molecule has 4 rings (SSSR count). The topological polar surface area (TPSA) is 88.8 Å². The standard InChI is InChI=1S/C19H21N5O3S/c1-27-16-5-4-14(10-20-16)17(25)21-9-13-3-2-6-23(11-13)18(26)15-12-24-7-8-28-19(24)22-15/h4-5,7-8,10,12-13H,2-3,6,9,11H2,1H3,(H,21,25). The van der Waals surface area contributed by atoms with Crippen LogP contribution in [0, 0.1) is 5.92 Å². The number of fused-ring (bicyclic) bond motifs is 1. The molecule has 0 radical (unpaired) electrons. The number of hydrogen-bond acceptors (Lipinski definition) is 6. The summed E-state index contributed by atoms with van der Waals surface area (Å²) in [5.41, 5.74) is 0.962. The lowest BCUT2D eigenvalue weighted by Crippen LogP contribution is -2.43. The second-order valence-corrected chi connectivity index (χ2v) is 7.65. The number of amides is 2. The summed E-state index contributed by atoms with van der Waals surface area (Å²) in [7, 11) is 1.53. The van der Waals surface area contributed by atoms with Gasteiger partial charge in [-0.1, -0.05) is 0 Å². The van der Waals surface area contributed by atoms with Crippen molar-refractivity contribution in [1.82, 2.24) is 24.6 Å². The van der Waals surface area contributed by atoms with E-state index in [9.17, 15) is 9.59 Å². The summed E-state index contributed by atoms with van der Waals surface area (Å²) in [5, 5.41) is 4.89. The van der Waals surface area contributed by atoms with E-state index in [1.165, 1.54) is 24.6 Å². The molecular formula is C19H21N5O3S. The maximum Gasteiger partial charge on any atom is 0.274 e. The van der Waals surface area contributed by atoms with Gasteiger partial charge >= 0.3 is 0 Å². The van der Waals surface area contributed by atoms with Crippen LogP contribution >= 0.6 is 11.3 Å². The number of imidazole rings is 1. The highest BCUT2D eigenvalue weighted by molar-refractivity contribution is 7.15. The Morgan fingerprint density at radius 3 is 3.04 bits per heavy atom. The first-order chi connectivity index (χ1) is 13.6. The third kappa shape index (κ3) is 3.84. The van der Waals surface area contributed by atoms with E-state index in [2.05, 4.69) is 15.3 Å². The second kappa shape index (κ2) is 7.97. The van der Waals surface area contributed by atoms with Crippen LogP contribution in [0.3, 0.4) is 0 Å². The molecule has 4 heterocycles. The van der Waals surface area contributed by atoms with Gasteiger partial charge in [-0.3, -0.25) is 14.0 Å². The van der Waals surface area contributed by atoms with Crippen LogP contribution in [0.1, 0.15) is 33.7 Å². The van der Waals surface area contributed by atoms with Gasteiger partial charge in [0.2, 0.25) is 5.88 Å². The number of hydrogen-bond donors (Lipinski definition) is 1.